The predicted molar refractivity (Wildman–Crippen MR) is 110 cm³/mol. The minimum atomic E-state index is -4.39. The molecule has 2 aromatic rings. The molecule has 6 nitrogen and oxygen atoms in total. The summed E-state index contributed by atoms with van der Waals surface area (Å²) in [5.41, 5.74) is 1.06. The van der Waals surface area contributed by atoms with Gasteiger partial charge in [0.15, 0.2) is 0 Å². The van der Waals surface area contributed by atoms with Crippen molar-refractivity contribution in [3.8, 4) is 0 Å². The number of pyridine rings is 1. The van der Waals surface area contributed by atoms with Gasteiger partial charge in [-0.15, -0.1) is 0 Å². The van der Waals surface area contributed by atoms with Gasteiger partial charge in [0.1, 0.15) is 16.5 Å². The van der Waals surface area contributed by atoms with Gasteiger partial charge < -0.3 is 9.80 Å². The van der Waals surface area contributed by atoms with Crippen LogP contribution in [0.15, 0.2) is 29.2 Å². The van der Waals surface area contributed by atoms with Crippen LogP contribution in [0, 0.1) is 24.6 Å². The molecule has 0 amide bonds. The Labute approximate surface area is 174 Å². The third-order valence-corrected chi connectivity index (χ3v) is 6.86. The molecule has 1 aliphatic heterocycles. The maximum atomic E-state index is 14.9. The lowest BCUT2D eigenvalue weighted by molar-refractivity contribution is 0.340. The Bertz CT molecular complexity index is 1020. The highest BCUT2D eigenvalue weighted by atomic mass is 35.5. The zero-order valence-electron chi connectivity index (χ0n) is 16.4. The molecule has 1 unspecified atom stereocenters. The number of rotatable bonds is 6. The zero-order valence-corrected chi connectivity index (χ0v) is 18.0. The molecule has 1 aromatic heterocycles. The van der Waals surface area contributed by atoms with Gasteiger partial charge in [-0.25, -0.2) is 17.8 Å². The standard InChI is InChI=1S/C19H23ClF2N4O2S/c1-12-15(26-8-7-13(11-26)10-25(2)3)9-14(21)19(18(12)20)29(27,28)24-17-6-4-5-16(22)23-17/h4-6,9,13H,7-8,10-11H2,1-3H3,(H,23,24). The van der Waals surface area contributed by atoms with Crippen LogP contribution >= 0.6 is 11.6 Å². The summed E-state index contributed by atoms with van der Waals surface area (Å²) in [7, 11) is -0.383. The largest absolute Gasteiger partial charge is 0.371 e. The van der Waals surface area contributed by atoms with Gasteiger partial charge in [0.2, 0.25) is 5.95 Å². The number of hydrogen-bond acceptors (Lipinski definition) is 5. The molecule has 1 N–H and O–H groups in total. The highest BCUT2D eigenvalue weighted by Gasteiger charge is 2.30. The molecule has 1 fully saturated rings. The van der Waals surface area contributed by atoms with Crippen molar-refractivity contribution >= 4 is 33.1 Å². The van der Waals surface area contributed by atoms with E-state index in [1.54, 1.807) is 6.92 Å². The minimum absolute atomic E-state index is 0.194. The molecule has 0 radical (unpaired) electrons. The molecule has 29 heavy (non-hydrogen) atoms. The summed E-state index contributed by atoms with van der Waals surface area (Å²) in [6.45, 7) is 4.07. The van der Waals surface area contributed by atoms with Gasteiger partial charge in [-0.3, -0.25) is 4.72 Å². The van der Waals surface area contributed by atoms with E-state index in [-0.39, 0.29) is 10.8 Å². The van der Waals surface area contributed by atoms with Crippen LogP contribution in [-0.4, -0.2) is 52.0 Å². The van der Waals surface area contributed by atoms with Crippen molar-refractivity contribution in [3.05, 3.63) is 46.6 Å². The molecule has 1 aliphatic rings. The van der Waals surface area contributed by atoms with Crippen LogP contribution in [-0.2, 0) is 10.0 Å². The van der Waals surface area contributed by atoms with Gasteiger partial charge in [0, 0.05) is 25.3 Å². The Morgan fingerprint density at radius 1 is 1.34 bits per heavy atom. The van der Waals surface area contributed by atoms with Gasteiger partial charge in [-0.2, -0.15) is 4.39 Å². The first-order valence-corrected chi connectivity index (χ1v) is 11.0. The summed E-state index contributed by atoms with van der Waals surface area (Å²) in [5.74, 6) is -1.64. The molecule has 0 bridgehead atoms. The van der Waals surface area contributed by atoms with E-state index in [0.29, 0.717) is 17.2 Å². The Morgan fingerprint density at radius 2 is 2.07 bits per heavy atom. The number of anilines is 2. The minimum Gasteiger partial charge on any atom is -0.371 e. The van der Waals surface area contributed by atoms with Gasteiger partial charge in [0.05, 0.1) is 5.02 Å². The van der Waals surface area contributed by atoms with E-state index < -0.39 is 26.7 Å². The predicted octanol–water partition coefficient (Wildman–Crippen LogP) is 3.51. The van der Waals surface area contributed by atoms with Crippen LogP contribution in [0.4, 0.5) is 20.3 Å². The number of nitrogens with zero attached hydrogens (tertiary/aromatic N) is 3. The van der Waals surface area contributed by atoms with Crippen molar-refractivity contribution in [1.82, 2.24) is 9.88 Å². The van der Waals surface area contributed by atoms with Crippen LogP contribution in [0.5, 0.6) is 0 Å². The van der Waals surface area contributed by atoms with Crippen molar-refractivity contribution in [3.63, 3.8) is 0 Å². The van der Waals surface area contributed by atoms with E-state index in [2.05, 4.69) is 14.6 Å². The summed E-state index contributed by atoms with van der Waals surface area (Å²) in [5, 5.41) is -0.194. The van der Waals surface area contributed by atoms with E-state index in [4.69, 9.17) is 11.6 Å². The second-order valence-corrected chi connectivity index (χ2v) is 9.46. The maximum Gasteiger partial charge on any atom is 0.267 e. The number of benzene rings is 1. The summed E-state index contributed by atoms with van der Waals surface area (Å²) in [6.07, 6.45) is 0.962. The monoisotopic (exact) mass is 444 g/mol. The molecular weight excluding hydrogens is 422 g/mol. The number of halogens is 3. The fourth-order valence-corrected chi connectivity index (χ4v) is 5.31. The lowest BCUT2D eigenvalue weighted by Gasteiger charge is -2.24. The SMILES string of the molecule is Cc1c(N2CCC(CN(C)C)C2)cc(F)c(S(=O)(=O)Nc2cccc(F)n2)c1Cl. The van der Waals surface area contributed by atoms with Gasteiger partial charge in [-0.1, -0.05) is 17.7 Å². The average Bonchev–Trinajstić information content (AvgIpc) is 3.05. The van der Waals surface area contributed by atoms with E-state index in [0.717, 1.165) is 32.1 Å². The summed E-state index contributed by atoms with van der Waals surface area (Å²) in [6, 6.07) is 4.84. The highest BCUT2D eigenvalue weighted by Crippen LogP contribution is 2.37. The topological polar surface area (TPSA) is 65.5 Å². The number of aromatic nitrogens is 1. The Morgan fingerprint density at radius 3 is 2.72 bits per heavy atom. The van der Waals surface area contributed by atoms with E-state index in [9.17, 15) is 17.2 Å². The summed E-state index contributed by atoms with van der Waals surface area (Å²) in [4.78, 5) is 6.90. The van der Waals surface area contributed by atoms with Crippen molar-refractivity contribution < 1.29 is 17.2 Å². The first-order chi connectivity index (χ1) is 13.6. The quantitative estimate of drug-likeness (QED) is 0.691. The molecule has 0 spiro atoms. The lowest BCUT2D eigenvalue weighted by atomic mass is 10.1. The van der Waals surface area contributed by atoms with Gasteiger partial charge in [-0.05, 0) is 57.1 Å². The normalized spacial score (nSPS) is 17.2. The smallest absolute Gasteiger partial charge is 0.267 e. The fourth-order valence-electron chi connectivity index (χ4n) is 3.63. The van der Waals surface area contributed by atoms with Crippen molar-refractivity contribution in [2.24, 2.45) is 5.92 Å². The van der Waals surface area contributed by atoms with Gasteiger partial charge >= 0.3 is 0 Å². The summed E-state index contributed by atoms with van der Waals surface area (Å²) >= 11 is 6.30. The second-order valence-electron chi connectivity index (χ2n) is 7.46. The molecule has 2 heterocycles. The Kier molecular flexibility index (Phi) is 6.30. The molecule has 1 aromatic carbocycles. The van der Waals surface area contributed by atoms with Crippen molar-refractivity contribution in [2.45, 2.75) is 18.2 Å². The van der Waals surface area contributed by atoms with Crippen LogP contribution in [0.25, 0.3) is 0 Å². The van der Waals surface area contributed by atoms with Crippen molar-refractivity contribution in [2.75, 3.05) is 43.4 Å². The molecular formula is C19H23ClF2N4O2S. The van der Waals surface area contributed by atoms with E-state index in [1.807, 2.05) is 19.0 Å². The number of nitrogens with one attached hydrogen (secondary N) is 1. The van der Waals surface area contributed by atoms with E-state index >= 15 is 0 Å². The third-order valence-electron chi connectivity index (χ3n) is 4.87. The Balaban J connectivity index is 1.91. The number of sulfonamides is 1. The van der Waals surface area contributed by atoms with Crippen LogP contribution in [0.1, 0.15) is 12.0 Å². The van der Waals surface area contributed by atoms with Crippen molar-refractivity contribution in [1.29, 1.82) is 0 Å². The maximum absolute atomic E-state index is 14.9. The third kappa shape index (κ3) is 4.79. The van der Waals surface area contributed by atoms with Crippen LogP contribution in [0.2, 0.25) is 5.02 Å². The van der Waals surface area contributed by atoms with E-state index in [1.165, 1.54) is 18.2 Å². The fraction of sp³-hybridized carbons (Fsp3) is 0.421. The first kappa shape index (κ1) is 21.7. The summed E-state index contributed by atoms with van der Waals surface area (Å²) < 4.78 is 55.6. The van der Waals surface area contributed by atoms with Crippen LogP contribution < -0.4 is 9.62 Å². The first-order valence-electron chi connectivity index (χ1n) is 9.12. The molecule has 3 rings (SSSR count). The second kappa shape index (κ2) is 8.41. The average molecular weight is 445 g/mol. The number of hydrogen-bond donors (Lipinski definition) is 1. The lowest BCUT2D eigenvalue weighted by Crippen LogP contribution is -2.26. The molecule has 0 saturated carbocycles. The molecule has 158 valence electrons. The molecule has 0 aliphatic carbocycles. The molecule has 1 saturated heterocycles. The van der Waals surface area contributed by atoms with Crippen LogP contribution in [0.3, 0.4) is 0 Å². The highest BCUT2D eigenvalue weighted by molar-refractivity contribution is 7.92. The molecule has 1 atom stereocenters. The van der Waals surface area contributed by atoms with Gasteiger partial charge in [0.25, 0.3) is 10.0 Å². The molecule has 10 heteroatoms. The zero-order chi connectivity index (χ0) is 21.3. The Hall–Kier alpha value is -1.97.